The zero-order valence-electron chi connectivity index (χ0n) is 21.7. The summed E-state index contributed by atoms with van der Waals surface area (Å²) in [7, 11) is 1.56. The first-order chi connectivity index (χ1) is 16.4. The first kappa shape index (κ1) is 27.4. The average molecular weight is 492 g/mol. The molecule has 0 aromatic heterocycles. The number of aliphatic carboxylic acids is 1. The van der Waals surface area contributed by atoms with E-state index < -0.39 is 34.9 Å². The number of carbonyl (C=O) groups is 4. The second kappa shape index (κ2) is 10.8. The number of rotatable bonds is 4. The number of nitrogens with zero attached hydrogens (tertiary/aromatic N) is 1. The standard InChI is InChI=1S/C27H41NO7/c1-17-21(34-5)16-28-23(17)20(29)15-27(25(32)33)14-19(27)12-10-8-6-7-9-11-18(24(28)31)13-22(30)35-26(2,3)4/h10,12,17-19,21,23H,6-9,11,13-16H2,1-5H3,(H,32,33)/b12-10-/t17?,18-,19-,21+,23+,27-/m1/s1. The molecular weight excluding hydrogens is 450 g/mol. The number of hydrogen-bond donors (Lipinski definition) is 1. The molecule has 0 aromatic carbocycles. The highest BCUT2D eigenvalue weighted by molar-refractivity contribution is 5.95. The van der Waals surface area contributed by atoms with Gasteiger partial charge in [0.05, 0.1) is 24.0 Å². The Labute approximate surface area is 208 Å². The number of ether oxygens (including phenoxy) is 2. The first-order valence-electron chi connectivity index (χ1n) is 12.9. The fourth-order valence-electron chi connectivity index (χ4n) is 5.69. The predicted octanol–water partition coefficient (Wildman–Crippen LogP) is 3.77. The van der Waals surface area contributed by atoms with Crippen molar-refractivity contribution >= 4 is 23.6 Å². The molecule has 3 aliphatic rings. The molecule has 2 aliphatic heterocycles. The van der Waals surface area contributed by atoms with Gasteiger partial charge in [-0.15, -0.1) is 0 Å². The maximum absolute atomic E-state index is 13.8. The molecule has 1 amide bonds. The fraction of sp³-hybridized carbons (Fsp3) is 0.778. The Balaban J connectivity index is 1.90. The van der Waals surface area contributed by atoms with Crippen molar-refractivity contribution in [1.29, 1.82) is 0 Å². The molecular formula is C27H41NO7. The van der Waals surface area contributed by atoms with E-state index in [1.165, 1.54) is 0 Å². The maximum atomic E-state index is 13.8. The van der Waals surface area contributed by atoms with Crippen LogP contribution in [0.2, 0.25) is 0 Å². The largest absolute Gasteiger partial charge is 0.481 e. The highest BCUT2D eigenvalue weighted by Crippen LogP contribution is 2.57. The summed E-state index contributed by atoms with van der Waals surface area (Å²) < 4.78 is 11.1. The average Bonchev–Trinajstić information content (AvgIpc) is 3.34. The van der Waals surface area contributed by atoms with Gasteiger partial charge in [-0.1, -0.05) is 31.9 Å². The summed E-state index contributed by atoms with van der Waals surface area (Å²) in [6, 6.07) is -0.764. The maximum Gasteiger partial charge on any atom is 0.310 e. The van der Waals surface area contributed by atoms with Crippen LogP contribution in [0.5, 0.6) is 0 Å². The minimum absolute atomic E-state index is 0.0411. The van der Waals surface area contributed by atoms with Crippen molar-refractivity contribution in [2.24, 2.45) is 23.2 Å². The van der Waals surface area contributed by atoms with Crippen molar-refractivity contribution < 1.29 is 33.8 Å². The SMILES string of the molecule is CO[C@H]1CN2C(=O)[C@@H](CC(=O)OC(C)(C)C)CCCCC/C=C\[C@@H]3C[C@@]3(C(=O)O)CC(=O)[C@@H]2C1C. The molecule has 8 heteroatoms. The highest BCUT2D eigenvalue weighted by atomic mass is 16.6. The van der Waals surface area contributed by atoms with Crippen LogP contribution in [0.3, 0.4) is 0 Å². The molecule has 6 atom stereocenters. The van der Waals surface area contributed by atoms with E-state index in [0.29, 0.717) is 12.8 Å². The van der Waals surface area contributed by atoms with Crippen LogP contribution in [0.25, 0.3) is 0 Å². The third-order valence-electron chi connectivity index (χ3n) is 7.74. The Kier molecular flexibility index (Phi) is 8.45. The summed E-state index contributed by atoms with van der Waals surface area (Å²) in [5, 5.41) is 9.96. The van der Waals surface area contributed by atoms with Gasteiger partial charge < -0.3 is 19.5 Å². The van der Waals surface area contributed by atoms with E-state index in [-0.39, 0.29) is 49.0 Å². The van der Waals surface area contributed by atoms with Crippen LogP contribution >= 0.6 is 0 Å². The normalized spacial score (nSPS) is 35.3. The van der Waals surface area contributed by atoms with Crippen molar-refractivity contribution in [1.82, 2.24) is 4.90 Å². The Morgan fingerprint density at radius 1 is 1.20 bits per heavy atom. The molecule has 1 saturated carbocycles. The third-order valence-corrected chi connectivity index (χ3v) is 7.74. The van der Waals surface area contributed by atoms with E-state index in [4.69, 9.17) is 9.47 Å². The number of carbonyl (C=O) groups excluding carboxylic acids is 3. The number of allylic oxidation sites excluding steroid dienone is 2. The van der Waals surface area contributed by atoms with E-state index in [9.17, 15) is 24.3 Å². The number of ketones is 1. The summed E-state index contributed by atoms with van der Waals surface area (Å²) in [5.74, 6) is -2.90. The van der Waals surface area contributed by atoms with E-state index in [1.807, 2.05) is 19.1 Å². The molecule has 2 fully saturated rings. The monoisotopic (exact) mass is 491 g/mol. The summed E-state index contributed by atoms with van der Waals surface area (Å²) in [5.41, 5.74) is -1.75. The lowest BCUT2D eigenvalue weighted by molar-refractivity contribution is -0.159. The topological polar surface area (TPSA) is 110 Å². The number of esters is 1. The smallest absolute Gasteiger partial charge is 0.310 e. The minimum Gasteiger partial charge on any atom is -0.481 e. The summed E-state index contributed by atoms with van der Waals surface area (Å²) in [4.78, 5) is 53.7. The second-order valence-corrected chi connectivity index (χ2v) is 11.5. The van der Waals surface area contributed by atoms with Gasteiger partial charge >= 0.3 is 11.9 Å². The number of hydrogen-bond acceptors (Lipinski definition) is 6. The van der Waals surface area contributed by atoms with Gasteiger partial charge in [0.25, 0.3) is 0 Å². The summed E-state index contributed by atoms with van der Waals surface area (Å²) in [6.45, 7) is 7.50. The van der Waals surface area contributed by atoms with Gasteiger partial charge in [-0.2, -0.15) is 0 Å². The van der Waals surface area contributed by atoms with Crippen molar-refractivity contribution in [3.8, 4) is 0 Å². The van der Waals surface area contributed by atoms with Crippen LogP contribution in [0.15, 0.2) is 12.2 Å². The summed E-state index contributed by atoms with van der Waals surface area (Å²) in [6.07, 6.45) is 7.90. The fourth-order valence-corrected chi connectivity index (χ4v) is 5.69. The molecule has 0 spiro atoms. The van der Waals surface area contributed by atoms with Gasteiger partial charge in [0.1, 0.15) is 5.60 Å². The van der Waals surface area contributed by atoms with Crippen LogP contribution in [0, 0.1) is 23.2 Å². The van der Waals surface area contributed by atoms with Crippen LogP contribution in [0.1, 0.15) is 79.1 Å². The third kappa shape index (κ3) is 6.32. The predicted molar refractivity (Wildman–Crippen MR) is 129 cm³/mol. The van der Waals surface area contributed by atoms with Gasteiger partial charge in [-0.05, 0) is 52.4 Å². The van der Waals surface area contributed by atoms with Crippen LogP contribution in [0.4, 0.5) is 0 Å². The van der Waals surface area contributed by atoms with Crippen molar-refractivity contribution in [3.63, 3.8) is 0 Å². The second-order valence-electron chi connectivity index (χ2n) is 11.5. The number of carboxylic acid groups (broad SMARTS) is 1. The first-order valence-corrected chi connectivity index (χ1v) is 12.9. The molecule has 8 nitrogen and oxygen atoms in total. The zero-order chi connectivity index (χ0) is 26.0. The summed E-state index contributed by atoms with van der Waals surface area (Å²) >= 11 is 0. The molecule has 1 unspecified atom stereocenters. The lowest BCUT2D eigenvalue weighted by Crippen LogP contribution is -2.47. The van der Waals surface area contributed by atoms with Gasteiger partial charge in [0, 0.05) is 31.9 Å². The molecule has 35 heavy (non-hydrogen) atoms. The van der Waals surface area contributed by atoms with Crippen molar-refractivity contribution in [3.05, 3.63) is 12.2 Å². The Bertz CT molecular complexity index is 860. The molecule has 1 aliphatic carbocycles. The van der Waals surface area contributed by atoms with Crippen LogP contribution in [-0.2, 0) is 28.7 Å². The van der Waals surface area contributed by atoms with E-state index in [2.05, 4.69) is 0 Å². The molecule has 3 rings (SSSR count). The number of fused-ring (bicyclic) bond motifs is 2. The van der Waals surface area contributed by atoms with Gasteiger partial charge in [0.15, 0.2) is 5.78 Å². The van der Waals surface area contributed by atoms with Gasteiger partial charge in [-0.25, -0.2) is 0 Å². The van der Waals surface area contributed by atoms with Crippen molar-refractivity contribution in [2.75, 3.05) is 13.7 Å². The van der Waals surface area contributed by atoms with Crippen molar-refractivity contribution in [2.45, 2.75) is 96.8 Å². The Hall–Kier alpha value is -2.22. The number of amides is 1. The highest BCUT2D eigenvalue weighted by Gasteiger charge is 2.61. The number of methoxy groups -OCH3 is 1. The molecule has 0 bridgehead atoms. The Morgan fingerprint density at radius 3 is 2.54 bits per heavy atom. The zero-order valence-corrected chi connectivity index (χ0v) is 21.7. The van der Waals surface area contributed by atoms with E-state index in [1.54, 1.807) is 32.8 Å². The van der Waals surface area contributed by atoms with Gasteiger partial charge in [-0.3, -0.25) is 19.2 Å². The van der Waals surface area contributed by atoms with Crippen LogP contribution in [-0.4, -0.2) is 65.0 Å². The van der Waals surface area contributed by atoms with Crippen LogP contribution < -0.4 is 0 Å². The lowest BCUT2D eigenvalue weighted by Gasteiger charge is -2.30. The molecule has 196 valence electrons. The molecule has 0 radical (unpaired) electrons. The molecule has 2 heterocycles. The quantitative estimate of drug-likeness (QED) is 0.471. The van der Waals surface area contributed by atoms with E-state index >= 15 is 0 Å². The molecule has 1 saturated heterocycles. The number of Topliss-reactive ketones (excluding diaryl/α,β-unsaturated/α-hetero) is 1. The number of carboxylic acids is 1. The Morgan fingerprint density at radius 2 is 1.91 bits per heavy atom. The molecule has 0 aromatic rings. The van der Waals surface area contributed by atoms with E-state index in [0.717, 1.165) is 25.7 Å². The lowest BCUT2D eigenvalue weighted by atomic mass is 9.87. The van der Waals surface area contributed by atoms with Gasteiger partial charge in [0.2, 0.25) is 5.91 Å². The molecule has 1 N–H and O–H groups in total. The minimum atomic E-state index is -1.09.